The van der Waals surface area contributed by atoms with Gasteiger partial charge in [0.2, 0.25) is 0 Å². The predicted octanol–water partition coefficient (Wildman–Crippen LogP) is 2.78. The highest BCUT2D eigenvalue weighted by atomic mass is 16.3. The van der Waals surface area contributed by atoms with E-state index in [9.17, 15) is 5.11 Å². The number of nitrogens with zero attached hydrogens (tertiary/aromatic N) is 1. The monoisotopic (exact) mass is 282 g/mol. The summed E-state index contributed by atoms with van der Waals surface area (Å²) in [6, 6.07) is 0. The second kappa shape index (κ2) is 6.76. The van der Waals surface area contributed by atoms with Crippen LogP contribution < -0.4 is 5.32 Å². The summed E-state index contributed by atoms with van der Waals surface area (Å²) in [6.07, 6.45) is 8.91. The minimum absolute atomic E-state index is 0.0973. The first-order valence-electron chi connectivity index (χ1n) is 8.54. The molecule has 0 amide bonds. The van der Waals surface area contributed by atoms with Gasteiger partial charge >= 0.3 is 0 Å². The Morgan fingerprint density at radius 2 is 1.85 bits per heavy atom. The molecule has 2 aliphatic rings. The molecule has 1 unspecified atom stereocenters. The lowest BCUT2D eigenvalue weighted by atomic mass is 9.73. The van der Waals surface area contributed by atoms with Gasteiger partial charge in [0.15, 0.2) is 0 Å². The lowest BCUT2D eigenvalue weighted by Gasteiger charge is -2.44. The van der Waals surface area contributed by atoms with E-state index in [1.54, 1.807) is 0 Å². The Labute approximate surface area is 125 Å². The van der Waals surface area contributed by atoms with Crippen molar-refractivity contribution in [3.05, 3.63) is 0 Å². The zero-order chi connectivity index (χ0) is 14.6. The van der Waals surface area contributed by atoms with Gasteiger partial charge in [-0.15, -0.1) is 0 Å². The molecule has 0 bridgehead atoms. The van der Waals surface area contributed by atoms with Gasteiger partial charge in [0.25, 0.3) is 0 Å². The van der Waals surface area contributed by atoms with Gasteiger partial charge in [-0.1, -0.05) is 19.3 Å². The Kier molecular flexibility index (Phi) is 5.49. The van der Waals surface area contributed by atoms with E-state index >= 15 is 0 Å². The molecule has 1 atom stereocenters. The van der Waals surface area contributed by atoms with E-state index in [0.29, 0.717) is 5.41 Å². The molecule has 1 heterocycles. The number of rotatable bonds is 4. The van der Waals surface area contributed by atoms with Crippen LogP contribution in [0.1, 0.15) is 65.7 Å². The third kappa shape index (κ3) is 5.01. The summed E-state index contributed by atoms with van der Waals surface area (Å²) in [6.45, 7) is 11.1. The van der Waals surface area contributed by atoms with Crippen molar-refractivity contribution in [3.8, 4) is 0 Å². The molecule has 3 heteroatoms. The fourth-order valence-electron chi connectivity index (χ4n) is 3.79. The highest BCUT2D eigenvalue weighted by Crippen LogP contribution is 2.37. The van der Waals surface area contributed by atoms with Crippen LogP contribution in [0.2, 0.25) is 0 Å². The van der Waals surface area contributed by atoms with Crippen molar-refractivity contribution in [2.45, 2.75) is 77.4 Å². The largest absolute Gasteiger partial charge is 0.392 e. The standard InChI is InChI=1S/C17H34N2O/c1-16(2,3)18-13-17(9-5-4-6-10-17)14-19-11-7-8-15(20)12-19/h15,18,20H,4-14H2,1-3H3. The molecule has 1 saturated heterocycles. The lowest BCUT2D eigenvalue weighted by molar-refractivity contribution is 0.0286. The van der Waals surface area contributed by atoms with Gasteiger partial charge in [-0.05, 0) is 58.4 Å². The number of aliphatic hydroxyl groups excluding tert-OH is 1. The normalized spacial score (nSPS) is 28.5. The smallest absolute Gasteiger partial charge is 0.0667 e. The molecule has 0 aromatic carbocycles. The third-order valence-electron chi connectivity index (χ3n) is 4.95. The summed E-state index contributed by atoms with van der Waals surface area (Å²) >= 11 is 0. The topological polar surface area (TPSA) is 35.5 Å². The van der Waals surface area contributed by atoms with Gasteiger partial charge in [0, 0.05) is 25.2 Å². The molecule has 1 aliphatic carbocycles. The van der Waals surface area contributed by atoms with E-state index in [1.807, 2.05) is 0 Å². The maximum absolute atomic E-state index is 9.89. The molecule has 0 aromatic heterocycles. The highest BCUT2D eigenvalue weighted by Gasteiger charge is 2.35. The van der Waals surface area contributed by atoms with Crippen LogP contribution in [0, 0.1) is 5.41 Å². The van der Waals surface area contributed by atoms with Crippen LogP contribution in [0.4, 0.5) is 0 Å². The van der Waals surface area contributed by atoms with Crippen LogP contribution in [0.15, 0.2) is 0 Å². The fourth-order valence-corrected chi connectivity index (χ4v) is 3.79. The molecule has 2 fully saturated rings. The van der Waals surface area contributed by atoms with Gasteiger partial charge in [-0.2, -0.15) is 0 Å². The maximum atomic E-state index is 9.89. The molecule has 1 aliphatic heterocycles. The minimum Gasteiger partial charge on any atom is -0.392 e. The third-order valence-corrected chi connectivity index (χ3v) is 4.95. The van der Waals surface area contributed by atoms with Gasteiger partial charge in [-0.3, -0.25) is 0 Å². The molecule has 20 heavy (non-hydrogen) atoms. The van der Waals surface area contributed by atoms with Gasteiger partial charge in [0.05, 0.1) is 6.10 Å². The first-order valence-corrected chi connectivity index (χ1v) is 8.54. The molecule has 2 rings (SSSR count). The Bertz CT molecular complexity index is 292. The van der Waals surface area contributed by atoms with Crippen molar-refractivity contribution in [2.24, 2.45) is 5.41 Å². The van der Waals surface area contributed by atoms with Crippen molar-refractivity contribution >= 4 is 0 Å². The fraction of sp³-hybridized carbons (Fsp3) is 1.00. The average Bonchev–Trinajstić information content (AvgIpc) is 2.37. The number of hydrogen-bond acceptors (Lipinski definition) is 3. The molecule has 1 saturated carbocycles. The minimum atomic E-state index is -0.0973. The molecule has 0 radical (unpaired) electrons. The van der Waals surface area contributed by atoms with Crippen molar-refractivity contribution in [3.63, 3.8) is 0 Å². The highest BCUT2D eigenvalue weighted by molar-refractivity contribution is 4.91. The quantitative estimate of drug-likeness (QED) is 0.832. The van der Waals surface area contributed by atoms with Crippen LogP contribution in [0.3, 0.4) is 0 Å². The number of piperidine rings is 1. The van der Waals surface area contributed by atoms with E-state index in [4.69, 9.17) is 0 Å². The molecule has 0 spiro atoms. The van der Waals surface area contributed by atoms with Gasteiger partial charge in [-0.25, -0.2) is 0 Å². The summed E-state index contributed by atoms with van der Waals surface area (Å²) < 4.78 is 0. The summed E-state index contributed by atoms with van der Waals surface area (Å²) in [5.41, 5.74) is 0.633. The van der Waals surface area contributed by atoms with Crippen LogP contribution in [0.25, 0.3) is 0 Å². The second-order valence-electron chi connectivity index (χ2n) is 8.20. The summed E-state index contributed by atoms with van der Waals surface area (Å²) in [7, 11) is 0. The second-order valence-corrected chi connectivity index (χ2v) is 8.20. The summed E-state index contributed by atoms with van der Waals surface area (Å²) in [5.74, 6) is 0. The van der Waals surface area contributed by atoms with E-state index in [2.05, 4.69) is 31.0 Å². The molecule has 2 N–H and O–H groups in total. The number of likely N-dealkylation sites (tertiary alicyclic amines) is 1. The first-order chi connectivity index (χ1) is 9.39. The van der Waals surface area contributed by atoms with Gasteiger partial charge in [0.1, 0.15) is 0 Å². The maximum Gasteiger partial charge on any atom is 0.0667 e. The summed E-state index contributed by atoms with van der Waals surface area (Å²) in [4.78, 5) is 2.52. The van der Waals surface area contributed by atoms with Gasteiger partial charge < -0.3 is 15.3 Å². The summed E-state index contributed by atoms with van der Waals surface area (Å²) in [5, 5.41) is 13.6. The van der Waals surface area contributed by atoms with Crippen LogP contribution in [0.5, 0.6) is 0 Å². The van der Waals surface area contributed by atoms with E-state index < -0.39 is 0 Å². The van der Waals surface area contributed by atoms with E-state index in [1.165, 1.54) is 45.2 Å². The number of hydrogen-bond donors (Lipinski definition) is 2. The Balaban J connectivity index is 1.95. The van der Waals surface area contributed by atoms with Crippen LogP contribution >= 0.6 is 0 Å². The first kappa shape index (κ1) is 16.3. The lowest BCUT2D eigenvalue weighted by Crippen LogP contribution is -2.51. The SMILES string of the molecule is CC(C)(C)NCC1(CN2CCCC(O)C2)CCCCC1. The van der Waals surface area contributed by atoms with Crippen molar-refractivity contribution in [1.29, 1.82) is 0 Å². The molecule has 118 valence electrons. The number of aliphatic hydroxyl groups is 1. The Hall–Kier alpha value is -0.120. The van der Waals surface area contributed by atoms with Crippen LogP contribution in [-0.4, -0.2) is 47.8 Å². The average molecular weight is 282 g/mol. The zero-order valence-electron chi connectivity index (χ0n) is 13.7. The number of nitrogens with one attached hydrogen (secondary N) is 1. The molecule has 0 aromatic rings. The molecule has 3 nitrogen and oxygen atoms in total. The number of β-amino-alcohol motifs (C(OH)–C–C–N with tert-alkyl or cyclic N) is 1. The Morgan fingerprint density at radius 1 is 1.15 bits per heavy atom. The molecular formula is C17H34N2O. The van der Waals surface area contributed by atoms with Crippen molar-refractivity contribution in [2.75, 3.05) is 26.2 Å². The van der Waals surface area contributed by atoms with E-state index in [0.717, 1.165) is 25.9 Å². The van der Waals surface area contributed by atoms with Crippen LogP contribution in [-0.2, 0) is 0 Å². The van der Waals surface area contributed by atoms with E-state index in [-0.39, 0.29) is 11.6 Å². The molecular weight excluding hydrogens is 248 g/mol. The zero-order valence-corrected chi connectivity index (χ0v) is 13.7. The predicted molar refractivity (Wildman–Crippen MR) is 85.0 cm³/mol. The van der Waals surface area contributed by atoms with Crippen molar-refractivity contribution in [1.82, 2.24) is 10.2 Å². The Morgan fingerprint density at radius 3 is 2.45 bits per heavy atom. The van der Waals surface area contributed by atoms with Crippen molar-refractivity contribution < 1.29 is 5.11 Å².